The highest BCUT2D eigenvalue weighted by atomic mass is 35.5. The number of carbonyl (C=O) groups excluding carboxylic acids is 1. The summed E-state index contributed by atoms with van der Waals surface area (Å²) in [5.41, 5.74) is 2.29. The molecule has 1 saturated carbocycles. The molecule has 0 aliphatic heterocycles. The summed E-state index contributed by atoms with van der Waals surface area (Å²) >= 11 is 7.61. The Bertz CT molecular complexity index is 1290. The first-order valence-electron chi connectivity index (χ1n) is 10.8. The van der Waals surface area contributed by atoms with Crippen LogP contribution in [0.5, 0.6) is 5.88 Å². The summed E-state index contributed by atoms with van der Waals surface area (Å²) in [5, 5.41) is 4.82. The third-order valence-electron chi connectivity index (χ3n) is 5.22. The third kappa shape index (κ3) is 5.65. The van der Waals surface area contributed by atoms with E-state index in [0.717, 1.165) is 5.56 Å². The van der Waals surface area contributed by atoms with Crippen molar-refractivity contribution in [1.82, 2.24) is 15.0 Å². The van der Waals surface area contributed by atoms with Gasteiger partial charge in [0.1, 0.15) is 0 Å². The first-order valence-corrected chi connectivity index (χ1v) is 13.6. The van der Waals surface area contributed by atoms with Crippen molar-refractivity contribution in [3.8, 4) is 17.1 Å². The van der Waals surface area contributed by atoms with Gasteiger partial charge in [-0.25, -0.2) is 18.4 Å². The molecule has 180 valence electrons. The lowest BCUT2D eigenvalue weighted by molar-refractivity contribution is -0.117. The maximum Gasteiger partial charge on any atom is 0.237 e. The van der Waals surface area contributed by atoms with Crippen molar-refractivity contribution in [1.29, 1.82) is 0 Å². The lowest BCUT2D eigenvalue weighted by atomic mass is 10.0. The molecule has 2 N–H and O–H groups in total. The molecule has 0 saturated heterocycles. The second-order valence-electron chi connectivity index (χ2n) is 7.74. The van der Waals surface area contributed by atoms with E-state index in [1.165, 1.54) is 17.5 Å². The predicted molar refractivity (Wildman–Crippen MR) is 133 cm³/mol. The van der Waals surface area contributed by atoms with Gasteiger partial charge in [-0.05, 0) is 38.3 Å². The van der Waals surface area contributed by atoms with E-state index in [2.05, 4.69) is 25.0 Å². The Hall–Kier alpha value is -2.76. The number of sulfonamides is 1. The van der Waals surface area contributed by atoms with Crippen LogP contribution in [0.25, 0.3) is 11.3 Å². The molecule has 2 heterocycles. The lowest BCUT2D eigenvalue weighted by Crippen LogP contribution is -2.21. The van der Waals surface area contributed by atoms with Gasteiger partial charge in [-0.2, -0.15) is 0 Å². The quantitative estimate of drug-likeness (QED) is 0.396. The minimum absolute atomic E-state index is 0.269. The second kappa shape index (κ2) is 10.2. The first kappa shape index (κ1) is 24.4. The molecule has 3 aromatic rings. The number of aromatic nitrogens is 3. The lowest BCUT2D eigenvalue weighted by Gasteiger charge is -2.14. The maximum absolute atomic E-state index is 13.0. The van der Waals surface area contributed by atoms with E-state index in [0.29, 0.717) is 53.8 Å². The molecule has 1 fully saturated rings. The molecule has 1 amide bonds. The summed E-state index contributed by atoms with van der Waals surface area (Å²) in [6, 6.07) is 5.19. The van der Waals surface area contributed by atoms with Gasteiger partial charge in [-0.15, -0.1) is 11.3 Å². The number of rotatable bonds is 10. The van der Waals surface area contributed by atoms with E-state index in [4.69, 9.17) is 16.3 Å². The maximum atomic E-state index is 13.0. The summed E-state index contributed by atoms with van der Waals surface area (Å²) in [6.07, 6.45) is 4.96. The van der Waals surface area contributed by atoms with E-state index < -0.39 is 15.9 Å². The van der Waals surface area contributed by atoms with Gasteiger partial charge >= 0.3 is 0 Å². The average molecular weight is 522 g/mol. The zero-order chi connectivity index (χ0) is 24.3. The van der Waals surface area contributed by atoms with E-state index in [9.17, 15) is 13.2 Å². The fourth-order valence-electron chi connectivity index (χ4n) is 3.31. The number of hydrogen-bond donors (Lipinski definition) is 2. The van der Waals surface area contributed by atoms with Crippen LogP contribution in [0.1, 0.15) is 44.7 Å². The Labute approximate surface area is 207 Å². The van der Waals surface area contributed by atoms with Gasteiger partial charge in [0.05, 0.1) is 52.3 Å². The highest BCUT2D eigenvalue weighted by Gasteiger charge is 2.36. The van der Waals surface area contributed by atoms with Crippen molar-refractivity contribution in [2.45, 2.75) is 44.3 Å². The van der Waals surface area contributed by atoms with Crippen LogP contribution in [0.4, 0.5) is 10.8 Å². The number of ether oxygens (including phenoxy) is 1. The summed E-state index contributed by atoms with van der Waals surface area (Å²) in [6.45, 7) is 4.22. The highest BCUT2D eigenvalue weighted by molar-refractivity contribution is 7.93. The molecule has 0 spiro atoms. The number of anilines is 2. The number of carbonyl (C=O) groups is 1. The second-order valence-corrected chi connectivity index (χ2v) is 11.0. The van der Waals surface area contributed by atoms with E-state index in [1.807, 2.05) is 13.8 Å². The minimum Gasteiger partial charge on any atom is -0.477 e. The monoisotopic (exact) mass is 521 g/mol. The largest absolute Gasteiger partial charge is 0.477 e. The summed E-state index contributed by atoms with van der Waals surface area (Å²) < 4.78 is 32.2. The van der Waals surface area contributed by atoms with E-state index in [-0.39, 0.29) is 16.3 Å². The van der Waals surface area contributed by atoms with Crippen molar-refractivity contribution < 1.29 is 17.9 Å². The topological polar surface area (TPSA) is 123 Å². The standard InChI is InChI=1S/C22H24ClN5O4S2/c1-3-15(19-12-33-22(27-19)28-34(30,31)14-6-7-14)21(29)26-17-8-5-13(9-16(17)23)18-10-24-11-20(25-18)32-4-2/h5,8-12,14-15H,3-4,6-7H2,1-2H3,(H,26,29)(H,27,28). The van der Waals surface area contributed by atoms with E-state index in [1.54, 1.807) is 29.8 Å². The molecule has 9 nitrogen and oxygen atoms in total. The van der Waals surface area contributed by atoms with Crippen LogP contribution in [-0.4, -0.2) is 41.1 Å². The summed E-state index contributed by atoms with van der Waals surface area (Å²) in [7, 11) is -3.40. The number of nitrogens with zero attached hydrogens (tertiary/aromatic N) is 3. The summed E-state index contributed by atoms with van der Waals surface area (Å²) in [4.78, 5) is 25.9. The van der Waals surface area contributed by atoms with Crippen LogP contribution in [0.2, 0.25) is 5.02 Å². The number of thiazole rings is 1. The molecule has 1 aromatic carbocycles. The van der Waals surface area contributed by atoms with Crippen molar-refractivity contribution in [2.24, 2.45) is 0 Å². The molecular formula is C22H24ClN5O4S2. The molecule has 2 aromatic heterocycles. The van der Waals surface area contributed by atoms with Gasteiger partial charge < -0.3 is 10.1 Å². The number of hydrogen-bond acceptors (Lipinski definition) is 8. The fourth-order valence-corrected chi connectivity index (χ4v) is 5.89. The highest BCUT2D eigenvalue weighted by Crippen LogP contribution is 2.33. The van der Waals surface area contributed by atoms with Crippen LogP contribution in [0, 0.1) is 0 Å². The van der Waals surface area contributed by atoms with Crippen molar-refractivity contribution in [2.75, 3.05) is 16.6 Å². The van der Waals surface area contributed by atoms with E-state index >= 15 is 0 Å². The normalized spacial score (nSPS) is 14.4. The predicted octanol–water partition coefficient (Wildman–Crippen LogP) is 4.69. The van der Waals surface area contributed by atoms with Crippen LogP contribution < -0.4 is 14.8 Å². The van der Waals surface area contributed by atoms with Crippen LogP contribution in [-0.2, 0) is 14.8 Å². The van der Waals surface area contributed by atoms with Gasteiger partial charge in [0.15, 0.2) is 5.13 Å². The summed E-state index contributed by atoms with van der Waals surface area (Å²) in [5.74, 6) is -0.418. The molecule has 1 unspecified atom stereocenters. The molecule has 1 aliphatic carbocycles. The average Bonchev–Trinajstić information content (AvgIpc) is 3.58. The Morgan fingerprint density at radius 2 is 2.06 bits per heavy atom. The minimum atomic E-state index is -3.40. The molecule has 0 radical (unpaired) electrons. The van der Waals surface area contributed by atoms with Gasteiger partial charge in [0.2, 0.25) is 21.8 Å². The zero-order valence-electron chi connectivity index (χ0n) is 18.6. The Morgan fingerprint density at radius 3 is 2.74 bits per heavy atom. The smallest absolute Gasteiger partial charge is 0.237 e. The molecular weight excluding hydrogens is 498 g/mol. The molecule has 1 atom stereocenters. The van der Waals surface area contributed by atoms with Crippen LogP contribution in [0.15, 0.2) is 36.0 Å². The molecule has 34 heavy (non-hydrogen) atoms. The third-order valence-corrected chi connectivity index (χ3v) is 8.27. The zero-order valence-corrected chi connectivity index (χ0v) is 21.0. The van der Waals surface area contributed by atoms with Gasteiger partial charge in [-0.1, -0.05) is 24.6 Å². The fraction of sp³-hybridized carbons (Fsp3) is 0.364. The molecule has 1 aliphatic rings. The molecule has 12 heteroatoms. The molecule has 0 bridgehead atoms. The Balaban J connectivity index is 1.46. The van der Waals surface area contributed by atoms with Gasteiger partial charge in [0, 0.05) is 10.9 Å². The first-order chi connectivity index (χ1) is 16.3. The number of amides is 1. The van der Waals surface area contributed by atoms with Crippen LogP contribution in [0.3, 0.4) is 0 Å². The van der Waals surface area contributed by atoms with Crippen molar-refractivity contribution >= 4 is 49.7 Å². The number of nitrogens with one attached hydrogen (secondary N) is 2. The SMILES string of the molecule is CCOc1cncc(-c2ccc(NC(=O)C(CC)c3csc(NS(=O)(=O)C4CC4)n3)c(Cl)c2)n1. The number of benzene rings is 1. The van der Waals surface area contributed by atoms with Gasteiger partial charge in [0.25, 0.3) is 0 Å². The van der Waals surface area contributed by atoms with Crippen LogP contribution >= 0.6 is 22.9 Å². The Kier molecular flexibility index (Phi) is 7.34. The van der Waals surface area contributed by atoms with Crippen molar-refractivity contribution in [3.63, 3.8) is 0 Å². The van der Waals surface area contributed by atoms with Gasteiger partial charge in [-0.3, -0.25) is 14.5 Å². The Morgan fingerprint density at radius 1 is 1.26 bits per heavy atom. The molecule has 4 rings (SSSR count). The number of halogens is 1. The van der Waals surface area contributed by atoms with Crippen molar-refractivity contribution in [3.05, 3.63) is 46.7 Å².